The van der Waals surface area contributed by atoms with Crippen molar-refractivity contribution in [1.29, 1.82) is 0 Å². The van der Waals surface area contributed by atoms with Gasteiger partial charge in [0, 0.05) is 25.6 Å². The molecule has 2 saturated carbocycles. The molecule has 0 unspecified atom stereocenters. The zero-order valence-corrected chi connectivity index (χ0v) is 21.9. The average molecular weight is 485 g/mol. The highest BCUT2D eigenvalue weighted by atomic mass is 16.5. The lowest BCUT2D eigenvalue weighted by molar-refractivity contribution is -0.152. The van der Waals surface area contributed by atoms with Crippen molar-refractivity contribution in [3.63, 3.8) is 0 Å². The average Bonchev–Trinajstić information content (AvgIpc) is 3.29. The number of hydrogen-bond acceptors (Lipinski definition) is 4. The Morgan fingerprint density at radius 2 is 1.91 bits per heavy atom. The second-order valence-electron chi connectivity index (χ2n) is 11.7. The highest BCUT2D eigenvalue weighted by Crippen LogP contribution is 2.55. The van der Waals surface area contributed by atoms with Gasteiger partial charge in [0.2, 0.25) is 11.8 Å². The van der Waals surface area contributed by atoms with Gasteiger partial charge in [-0.05, 0) is 67.3 Å². The molecular weight excluding hydrogens is 440 g/mol. The fourth-order valence-electron chi connectivity index (χ4n) is 7.47. The van der Waals surface area contributed by atoms with E-state index in [0.29, 0.717) is 13.0 Å². The van der Waals surface area contributed by atoms with Crippen molar-refractivity contribution in [1.82, 2.24) is 10.2 Å². The number of nitrogens with zero attached hydrogens (tertiary/aromatic N) is 1. The first-order valence-electron chi connectivity index (χ1n) is 13.6. The van der Waals surface area contributed by atoms with E-state index in [4.69, 9.17) is 4.74 Å². The molecule has 0 spiro atoms. The summed E-state index contributed by atoms with van der Waals surface area (Å²) in [5.41, 5.74) is 1.06. The largest absolute Gasteiger partial charge is 0.392 e. The third-order valence-electron chi connectivity index (χ3n) is 9.49. The lowest BCUT2D eigenvalue weighted by Gasteiger charge is -2.56. The van der Waals surface area contributed by atoms with Crippen LogP contribution in [0.2, 0.25) is 0 Å². The second kappa shape index (κ2) is 11.0. The van der Waals surface area contributed by atoms with Crippen LogP contribution in [0.3, 0.4) is 0 Å². The van der Waals surface area contributed by atoms with Crippen molar-refractivity contribution in [2.24, 2.45) is 29.1 Å². The van der Waals surface area contributed by atoms with Crippen LogP contribution in [0.5, 0.6) is 0 Å². The molecule has 2 aliphatic carbocycles. The monoisotopic (exact) mass is 484 g/mol. The van der Waals surface area contributed by atoms with E-state index < -0.39 is 6.10 Å². The smallest absolute Gasteiger partial charge is 0.226 e. The van der Waals surface area contributed by atoms with E-state index in [9.17, 15) is 14.7 Å². The SMILES string of the molecule is COC[C@H]1CCCN1C(=O)[C@@H](C)[C@@H]1CC[C@@]2(C)CC[C@H](NC(=O)Cc3ccccc3)[C@@H](C)[C@@H]2[C@H]1O. The van der Waals surface area contributed by atoms with Gasteiger partial charge in [-0.2, -0.15) is 0 Å². The molecule has 2 N–H and O–H groups in total. The van der Waals surface area contributed by atoms with Crippen LogP contribution in [0.4, 0.5) is 0 Å². The zero-order chi connectivity index (χ0) is 25.2. The molecule has 6 nitrogen and oxygen atoms in total. The van der Waals surface area contributed by atoms with E-state index in [0.717, 1.165) is 50.6 Å². The summed E-state index contributed by atoms with van der Waals surface area (Å²) >= 11 is 0. The molecule has 0 aromatic heterocycles. The van der Waals surface area contributed by atoms with Crippen molar-refractivity contribution in [2.75, 3.05) is 20.3 Å². The van der Waals surface area contributed by atoms with Crippen LogP contribution in [0.25, 0.3) is 0 Å². The minimum absolute atomic E-state index is 0.0419. The minimum Gasteiger partial charge on any atom is -0.392 e. The van der Waals surface area contributed by atoms with Crippen LogP contribution >= 0.6 is 0 Å². The Morgan fingerprint density at radius 1 is 1.20 bits per heavy atom. The highest BCUT2D eigenvalue weighted by molar-refractivity contribution is 5.80. The maximum absolute atomic E-state index is 13.5. The van der Waals surface area contributed by atoms with Gasteiger partial charge in [-0.25, -0.2) is 0 Å². The van der Waals surface area contributed by atoms with Gasteiger partial charge in [0.1, 0.15) is 0 Å². The first kappa shape index (κ1) is 26.2. The van der Waals surface area contributed by atoms with Crippen LogP contribution in [0, 0.1) is 29.1 Å². The summed E-state index contributed by atoms with van der Waals surface area (Å²) in [5.74, 6) is 0.161. The number of fused-ring (bicyclic) bond motifs is 1. The van der Waals surface area contributed by atoms with Crippen molar-refractivity contribution < 1.29 is 19.4 Å². The van der Waals surface area contributed by atoms with Crippen molar-refractivity contribution in [3.05, 3.63) is 35.9 Å². The predicted molar refractivity (Wildman–Crippen MR) is 137 cm³/mol. The fraction of sp³-hybridized carbons (Fsp3) is 0.724. The Bertz CT molecular complexity index is 877. The summed E-state index contributed by atoms with van der Waals surface area (Å²) in [4.78, 5) is 28.3. The van der Waals surface area contributed by atoms with Crippen molar-refractivity contribution >= 4 is 11.8 Å². The molecule has 1 aliphatic heterocycles. The van der Waals surface area contributed by atoms with Crippen LogP contribution in [0.15, 0.2) is 30.3 Å². The number of carbonyl (C=O) groups excluding carboxylic acids is 2. The summed E-state index contributed by atoms with van der Waals surface area (Å²) in [6.07, 6.45) is 5.67. The number of aliphatic hydroxyl groups excluding tert-OH is 1. The van der Waals surface area contributed by atoms with E-state index in [1.165, 1.54) is 0 Å². The van der Waals surface area contributed by atoms with Gasteiger partial charge in [-0.15, -0.1) is 0 Å². The number of nitrogens with one attached hydrogen (secondary N) is 1. The summed E-state index contributed by atoms with van der Waals surface area (Å²) in [5, 5.41) is 15.0. The van der Waals surface area contributed by atoms with Gasteiger partial charge < -0.3 is 20.1 Å². The molecule has 1 aromatic rings. The number of ether oxygens (including phenoxy) is 1. The zero-order valence-electron chi connectivity index (χ0n) is 21.9. The molecule has 1 heterocycles. The van der Waals surface area contributed by atoms with Gasteiger partial charge in [0.25, 0.3) is 0 Å². The standard InChI is InChI=1S/C29H44N2O4/c1-19(28(34)31-16-8-11-22(31)18-35-4)23-12-14-29(3)15-13-24(20(2)26(29)27(23)33)30-25(32)17-21-9-6-5-7-10-21/h5-7,9-10,19-20,22-24,26-27,33H,8,11-18H2,1-4H3,(H,30,32)/t19-,20+,22+,23-,24-,26+,27-,29-/m0/s1. The molecule has 1 aromatic carbocycles. The number of rotatable bonds is 7. The number of methoxy groups -OCH3 is 1. The second-order valence-corrected chi connectivity index (χ2v) is 11.7. The molecule has 3 aliphatic rings. The molecule has 3 fully saturated rings. The van der Waals surface area contributed by atoms with Gasteiger partial charge in [-0.3, -0.25) is 9.59 Å². The fourth-order valence-corrected chi connectivity index (χ4v) is 7.47. The van der Waals surface area contributed by atoms with Gasteiger partial charge in [-0.1, -0.05) is 51.1 Å². The molecule has 4 rings (SSSR count). The molecule has 2 amide bonds. The number of carbonyl (C=O) groups is 2. The first-order chi connectivity index (χ1) is 16.7. The summed E-state index contributed by atoms with van der Waals surface area (Å²) in [6.45, 7) is 7.86. The third kappa shape index (κ3) is 5.43. The molecule has 6 heteroatoms. The Kier molecular flexibility index (Phi) is 8.22. The van der Waals surface area contributed by atoms with E-state index in [1.807, 2.05) is 42.2 Å². The Morgan fingerprint density at radius 3 is 2.63 bits per heavy atom. The van der Waals surface area contributed by atoms with E-state index in [2.05, 4.69) is 19.2 Å². The number of hydrogen-bond donors (Lipinski definition) is 2. The van der Waals surface area contributed by atoms with Crippen LogP contribution < -0.4 is 5.32 Å². The normalized spacial score (nSPS) is 35.9. The lowest BCUT2D eigenvalue weighted by atomic mass is 9.51. The number of likely N-dealkylation sites (tertiary alicyclic amines) is 1. The van der Waals surface area contributed by atoms with Gasteiger partial charge in [0.05, 0.1) is 25.2 Å². The Balaban J connectivity index is 1.43. The highest BCUT2D eigenvalue weighted by Gasteiger charge is 2.54. The molecular formula is C29H44N2O4. The molecule has 1 saturated heterocycles. The van der Waals surface area contributed by atoms with Crippen molar-refractivity contribution in [3.8, 4) is 0 Å². The predicted octanol–water partition coefficient (Wildman–Crippen LogP) is 3.81. The third-order valence-corrected chi connectivity index (χ3v) is 9.49. The molecule has 0 radical (unpaired) electrons. The molecule has 0 bridgehead atoms. The van der Waals surface area contributed by atoms with Gasteiger partial charge in [0.15, 0.2) is 0 Å². The maximum atomic E-state index is 13.5. The van der Waals surface area contributed by atoms with Crippen LogP contribution in [-0.2, 0) is 20.7 Å². The van der Waals surface area contributed by atoms with Crippen molar-refractivity contribution in [2.45, 2.75) is 83.9 Å². The van der Waals surface area contributed by atoms with E-state index in [-0.39, 0.29) is 53.0 Å². The first-order valence-corrected chi connectivity index (χ1v) is 13.6. The summed E-state index contributed by atoms with van der Waals surface area (Å²) in [7, 11) is 1.69. The molecule has 8 atom stereocenters. The number of amides is 2. The minimum atomic E-state index is -0.542. The van der Waals surface area contributed by atoms with E-state index >= 15 is 0 Å². The number of aliphatic hydroxyl groups is 1. The quantitative estimate of drug-likeness (QED) is 0.617. The number of benzene rings is 1. The topological polar surface area (TPSA) is 78.9 Å². The van der Waals surface area contributed by atoms with E-state index in [1.54, 1.807) is 7.11 Å². The van der Waals surface area contributed by atoms with Crippen LogP contribution in [-0.4, -0.2) is 60.3 Å². The van der Waals surface area contributed by atoms with Crippen LogP contribution in [0.1, 0.15) is 64.9 Å². The molecule has 194 valence electrons. The Hall–Kier alpha value is -1.92. The lowest BCUT2D eigenvalue weighted by Crippen LogP contribution is -2.59. The molecule has 35 heavy (non-hydrogen) atoms. The Labute approximate surface area is 210 Å². The van der Waals surface area contributed by atoms with Gasteiger partial charge >= 0.3 is 0 Å². The maximum Gasteiger partial charge on any atom is 0.226 e. The summed E-state index contributed by atoms with van der Waals surface area (Å²) in [6, 6.07) is 10.0. The summed E-state index contributed by atoms with van der Waals surface area (Å²) < 4.78 is 5.35.